The molecule has 33 heavy (non-hydrogen) atoms. The van der Waals surface area contributed by atoms with Gasteiger partial charge in [-0.05, 0) is 73.6 Å². The van der Waals surface area contributed by atoms with Crippen molar-refractivity contribution in [3.63, 3.8) is 0 Å². The summed E-state index contributed by atoms with van der Waals surface area (Å²) < 4.78 is 0. The highest BCUT2D eigenvalue weighted by atomic mass is 16.1. The normalized spacial score (nSPS) is 9.27. The Morgan fingerprint density at radius 1 is 0.758 bits per heavy atom. The van der Waals surface area contributed by atoms with Crippen LogP contribution < -0.4 is 0 Å². The monoisotopic (exact) mass is 450 g/mol. The van der Waals surface area contributed by atoms with Gasteiger partial charge in [0.05, 0.1) is 0 Å². The van der Waals surface area contributed by atoms with Gasteiger partial charge in [-0.15, -0.1) is 0 Å². The Morgan fingerprint density at radius 2 is 1.21 bits per heavy atom. The van der Waals surface area contributed by atoms with E-state index in [0.717, 1.165) is 33.4 Å². The molecule has 2 aromatic rings. The van der Waals surface area contributed by atoms with Gasteiger partial charge in [-0.1, -0.05) is 122 Å². The summed E-state index contributed by atoms with van der Waals surface area (Å²) in [5.41, 5.74) is 8.60. The van der Waals surface area contributed by atoms with Crippen LogP contribution in [-0.2, 0) is 4.79 Å². The van der Waals surface area contributed by atoms with Gasteiger partial charge in [-0.3, -0.25) is 4.79 Å². The molecule has 0 aromatic heterocycles. The summed E-state index contributed by atoms with van der Waals surface area (Å²) in [6, 6.07) is 14.8. The van der Waals surface area contributed by atoms with Crippen LogP contribution in [0.15, 0.2) is 66.8 Å². The summed E-state index contributed by atoms with van der Waals surface area (Å²) in [6.45, 7) is 31.5. The van der Waals surface area contributed by atoms with E-state index in [1.54, 1.807) is 6.92 Å². The van der Waals surface area contributed by atoms with Gasteiger partial charge in [-0.2, -0.15) is 0 Å². The maximum atomic E-state index is 11.9. The maximum absolute atomic E-state index is 11.9. The van der Waals surface area contributed by atoms with Gasteiger partial charge >= 0.3 is 0 Å². The molecule has 0 heterocycles. The number of carbonyl (C=O) groups is 1. The molecule has 1 heteroatoms. The minimum atomic E-state index is 0.0989. The molecule has 0 aliphatic carbocycles. The van der Waals surface area contributed by atoms with Crippen LogP contribution in [0.25, 0.3) is 22.8 Å². The summed E-state index contributed by atoms with van der Waals surface area (Å²) in [5.74, 6) is 0.0989. The Bertz CT molecular complexity index is 849. The first-order chi connectivity index (χ1) is 15.8. The predicted octanol–water partition coefficient (Wildman–Crippen LogP) is 10.7. The summed E-state index contributed by atoms with van der Waals surface area (Å²) in [7, 11) is 0. The molecule has 0 aliphatic heterocycles. The van der Waals surface area contributed by atoms with Gasteiger partial charge in [0.1, 0.15) is 0 Å². The average Bonchev–Trinajstić information content (AvgIpc) is 2.84. The molecule has 0 spiro atoms. The number of Topliss-reactive ketones (excluding diaryl/α,β-unsaturated/α-hetero) is 1. The van der Waals surface area contributed by atoms with Crippen LogP contribution in [0.2, 0.25) is 0 Å². The van der Waals surface area contributed by atoms with Crippen molar-refractivity contribution in [2.45, 2.75) is 89.5 Å². The van der Waals surface area contributed by atoms with E-state index in [9.17, 15) is 4.79 Å². The fourth-order valence-electron chi connectivity index (χ4n) is 2.75. The number of ketones is 1. The van der Waals surface area contributed by atoms with E-state index in [0.29, 0.717) is 6.42 Å². The zero-order valence-electron chi connectivity index (χ0n) is 23.6. The van der Waals surface area contributed by atoms with E-state index in [-0.39, 0.29) is 5.78 Å². The first-order valence-corrected chi connectivity index (χ1v) is 12.5. The second-order valence-corrected chi connectivity index (χ2v) is 6.79. The Balaban J connectivity index is -0.00000101. The van der Waals surface area contributed by atoms with E-state index in [4.69, 9.17) is 0 Å². The van der Waals surface area contributed by atoms with Crippen molar-refractivity contribution in [1.29, 1.82) is 0 Å². The third-order valence-corrected chi connectivity index (χ3v) is 4.26. The second-order valence-electron chi connectivity index (χ2n) is 6.79. The molecule has 0 unspecified atom stereocenters. The number of aryl methyl sites for hydroxylation is 1. The van der Waals surface area contributed by atoms with Gasteiger partial charge in [0.15, 0.2) is 5.78 Å². The van der Waals surface area contributed by atoms with E-state index >= 15 is 0 Å². The van der Waals surface area contributed by atoms with Crippen molar-refractivity contribution in [2.24, 2.45) is 0 Å². The van der Waals surface area contributed by atoms with Gasteiger partial charge in [0.2, 0.25) is 0 Å². The Morgan fingerprint density at radius 3 is 1.58 bits per heavy atom. The molecule has 0 saturated carbocycles. The molecule has 0 amide bonds. The van der Waals surface area contributed by atoms with Crippen LogP contribution >= 0.6 is 0 Å². The lowest BCUT2D eigenvalue weighted by atomic mass is 9.95. The predicted molar refractivity (Wildman–Crippen MR) is 155 cm³/mol. The third kappa shape index (κ3) is 13.5. The SMILES string of the molecule is C=C(C)C/C(=C\c1ccc(-c2ccc(C(=C)C)cc2)cc1C)C(C)=O.CC.CC.CC.CC. The molecule has 0 saturated heterocycles. The first-order valence-electron chi connectivity index (χ1n) is 12.5. The number of rotatable bonds is 6. The smallest absolute Gasteiger partial charge is 0.156 e. The largest absolute Gasteiger partial charge is 0.295 e. The lowest BCUT2D eigenvalue weighted by Crippen LogP contribution is -1.98. The lowest BCUT2D eigenvalue weighted by Gasteiger charge is -2.09. The van der Waals surface area contributed by atoms with Gasteiger partial charge in [-0.25, -0.2) is 0 Å². The van der Waals surface area contributed by atoms with E-state index < -0.39 is 0 Å². The maximum Gasteiger partial charge on any atom is 0.156 e. The van der Waals surface area contributed by atoms with Crippen LogP contribution in [-0.4, -0.2) is 5.78 Å². The number of hydrogen-bond acceptors (Lipinski definition) is 1. The molecular formula is C32H50O. The molecule has 0 fully saturated rings. The topological polar surface area (TPSA) is 17.1 Å². The number of allylic oxidation sites excluding steroid dienone is 3. The standard InChI is InChI=1S/C24H26O.4C2H6/c1-16(2)13-24(19(6)25)15-22-11-12-23(14-18(22)5)21-9-7-20(8-10-21)17(3)4;4*1-2/h7-12,14-15H,1,3,13H2,2,4-6H3;4*1-2H3/b24-15+;;;;. The molecular weight excluding hydrogens is 400 g/mol. The minimum absolute atomic E-state index is 0.0989. The molecule has 0 N–H and O–H groups in total. The first kappa shape index (κ1) is 34.9. The molecule has 2 rings (SSSR count). The molecule has 184 valence electrons. The number of hydrogen-bond donors (Lipinski definition) is 0. The van der Waals surface area contributed by atoms with Crippen molar-refractivity contribution in [2.75, 3.05) is 0 Å². The Kier molecular flexibility index (Phi) is 22.4. The van der Waals surface area contributed by atoms with Crippen LogP contribution in [0, 0.1) is 6.92 Å². The molecule has 0 bridgehead atoms. The van der Waals surface area contributed by atoms with Crippen molar-refractivity contribution in [3.05, 3.63) is 83.5 Å². The molecule has 2 aromatic carbocycles. The van der Waals surface area contributed by atoms with Crippen LogP contribution in [0.1, 0.15) is 99.3 Å². The highest BCUT2D eigenvalue weighted by Crippen LogP contribution is 2.26. The van der Waals surface area contributed by atoms with Gasteiger partial charge in [0.25, 0.3) is 0 Å². The highest BCUT2D eigenvalue weighted by Gasteiger charge is 2.07. The van der Waals surface area contributed by atoms with Crippen molar-refractivity contribution in [3.8, 4) is 11.1 Å². The third-order valence-electron chi connectivity index (χ3n) is 4.26. The second kappa shape index (κ2) is 21.2. The molecule has 0 atom stereocenters. The van der Waals surface area contributed by atoms with E-state index in [2.05, 4.69) is 62.5 Å². The zero-order valence-corrected chi connectivity index (χ0v) is 23.6. The van der Waals surface area contributed by atoms with E-state index in [1.165, 1.54) is 11.1 Å². The quantitative estimate of drug-likeness (QED) is 0.316. The summed E-state index contributed by atoms with van der Waals surface area (Å²) in [4.78, 5) is 11.9. The van der Waals surface area contributed by atoms with E-state index in [1.807, 2.05) is 75.3 Å². The number of benzene rings is 2. The van der Waals surface area contributed by atoms with Crippen LogP contribution in [0.4, 0.5) is 0 Å². The fraction of sp³-hybridized carbons (Fsp3) is 0.406. The summed E-state index contributed by atoms with van der Waals surface area (Å²) >= 11 is 0. The Labute approximate surface area is 206 Å². The van der Waals surface area contributed by atoms with Crippen molar-refractivity contribution < 1.29 is 4.79 Å². The van der Waals surface area contributed by atoms with Crippen LogP contribution in [0.5, 0.6) is 0 Å². The minimum Gasteiger partial charge on any atom is -0.295 e. The fourth-order valence-corrected chi connectivity index (χ4v) is 2.75. The van der Waals surface area contributed by atoms with Gasteiger partial charge < -0.3 is 0 Å². The molecule has 1 nitrogen and oxygen atoms in total. The van der Waals surface area contributed by atoms with Crippen molar-refractivity contribution >= 4 is 17.4 Å². The Hall–Kier alpha value is -2.67. The summed E-state index contributed by atoms with van der Waals surface area (Å²) in [6.07, 6.45) is 2.61. The highest BCUT2D eigenvalue weighted by molar-refractivity contribution is 5.98. The lowest BCUT2D eigenvalue weighted by molar-refractivity contribution is -0.113. The zero-order chi connectivity index (χ0) is 26.6. The van der Waals surface area contributed by atoms with Crippen molar-refractivity contribution in [1.82, 2.24) is 0 Å². The summed E-state index contributed by atoms with van der Waals surface area (Å²) in [5, 5.41) is 0. The van der Waals surface area contributed by atoms with Gasteiger partial charge in [0, 0.05) is 0 Å². The van der Waals surface area contributed by atoms with Crippen LogP contribution in [0.3, 0.4) is 0 Å². The average molecular weight is 451 g/mol. The molecule has 0 aliphatic rings. The molecule has 0 radical (unpaired) electrons. The number of carbonyl (C=O) groups excluding carboxylic acids is 1.